The maximum Gasteiger partial charge on any atom is 0.322 e. The molecule has 0 aromatic heterocycles. The zero-order valence-electron chi connectivity index (χ0n) is 11.7. The second kappa shape index (κ2) is 5.67. The first-order valence-electron chi connectivity index (χ1n) is 6.54. The number of halogens is 2. The van der Waals surface area contributed by atoms with Crippen molar-refractivity contribution < 1.29 is 23.5 Å². The largest absolute Gasteiger partial charge is 0.481 e. The highest BCUT2D eigenvalue weighted by Gasteiger charge is 2.37. The van der Waals surface area contributed by atoms with E-state index in [1.807, 2.05) is 0 Å². The number of carbonyl (C=O) groups is 2. The Hall–Kier alpha value is -2.18. The van der Waals surface area contributed by atoms with Crippen LogP contribution in [-0.4, -0.2) is 35.1 Å². The molecule has 21 heavy (non-hydrogen) atoms. The molecular formula is C14H16F2N2O3. The Kier molecular flexibility index (Phi) is 4.11. The number of aryl methyl sites for hydroxylation is 1. The Morgan fingerprint density at radius 1 is 1.38 bits per heavy atom. The molecule has 0 aliphatic carbocycles. The van der Waals surface area contributed by atoms with Gasteiger partial charge in [0.1, 0.15) is 11.5 Å². The van der Waals surface area contributed by atoms with Crippen LogP contribution in [-0.2, 0) is 4.79 Å². The van der Waals surface area contributed by atoms with E-state index in [9.17, 15) is 18.4 Å². The number of benzene rings is 1. The SMILES string of the molecule is Cc1ccc(F)c(NC(=O)N2CC(C(C)C(=O)O)C2)c1F. The molecule has 2 rings (SSSR count). The summed E-state index contributed by atoms with van der Waals surface area (Å²) < 4.78 is 27.3. The highest BCUT2D eigenvalue weighted by atomic mass is 19.1. The Morgan fingerprint density at radius 2 is 2.00 bits per heavy atom. The van der Waals surface area contributed by atoms with Gasteiger partial charge in [-0.25, -0.2) is 13.6 Å². The summed E-state index contributed by atoms with van der Waals surface area (Å²) in [5.41, 5.74) is -0.248. The number of nitrogens with one attached hydrogen (secondary N) is 1. The van der Waals surface area contributed by atoms with Crippen molar-refractivity contribution in [1.29, 1.82) is 0 Å². The van der Waals surface area contributed by atoms with Gasteiger partial charge in [-0.3, -0.25) is 4.79 Å². The Balaban J connectivity index is 1.99. The minimum Gasteiger partial charge on any atom is -0.481 e. The maximum atomic E-state index is 13.8. The number of nitrogens with zero attached hydrogens (tertiary/aromatic N) is 1. The van der Waals surface area contributed by atoms with Crippen LogP contribution in [0.3, 0.4) is 0 Å². The molecule has 5 nitrogen and oxygen atoms in total. The van der Waals surface area contributed by atoms with E-state index < -0.39 is 35.2 Å². The smallest absolute Gasteiger partial charge is 0.322 e. The van der Waals surface area contributed by atoms with Gasteiger partial charge < -0.3 is 15.3 Å². The third kappa shape index (κ3) is 2.96. The first-order valence-corrected chi connectivity index (χ1v) is 6.54. The number of carboxylic acid groups (broad SMARTS) is 1. The average molecular weight is 298 g/mol. The lowest BCUT2D eigenvalue weighted by atomic mass is 9.87. The highest BCUT2D eigenvalue weighted by Crippen LogP contribution is 2.26. The molecule has 0 spiro atoms. The van der Waals surface area contributed by atoms with Crippen molar-refractivity contribution in [1.82, 2.24) is 4.90 Å². The number of amides is 2. The second-order valence-electron chi connectivity index (χ2n) is 5.28. The summed E-state index contributed by atoms with van der Waals surface area (Å²) in [6.45, 7) is 3.56. The lowest BCUT2D eigenvalue weighted by Crippen LogP contribution is -2.54. The molecular weight excluding hydrogens is 282 g/mol. The maximum absolute atomic E-state index is 13.8. The molecule has 1 atom stereocenters. The summed E-state index contributed by atoms with van der Waals surface area (Å²) in [5.74, 6) is -3.26. The summed E-state index contributed by atoms with van der Waals surface area (Å²) >= 11 is 0. The number of aliphatic carboxylic acids is 1. The van der Waals surface area contributed by atoms with Crippen LogP contribution in [0.2, 0.25) is 0 Å². The number of rotatable bonds is 3. The van der Waals surface area contributed by atoms with E-state index in [-0.39, 0.29) is 24.6 Å². The van der Waals surface area contributed by atoms with Gasteiger partial charge in [-0.2, -0.15) is 0 Å². The van der Waals surface area contributed by atoms with Gasteiger partial charge >= 0.3 is 12.0 Å². The standard InChI is InChI=1S/C14H16F2N2O3/c1-7-3-4-10(15)12(11(7)16)17-14(21)18-5-9(6-18)8(2)13(19)20/h3-4,8-9H,5-6H2,1-2H3,(H,17,21)(H,19,20). The van der Waals surface area contributed by atoms with E-state index in [4.69, 9.17) is 5.11 Å². The van der Waals surface area contributed by atoms with Crippen molar-refractivity contribution in [2.24, 2.45) is 11.8 Å². The molecule has 2 N–H and O–H groups in total. The van der Waals surface area contributed by atoms with Gasteiger partial charge in [0.25, 0.3) is 0 Å². The Bertz CT molecular complexity index is 586. The van der Waals surface area contributed by atoms with Crippen LogP contribution in [0.1, 0.15) is 12.5 Å². The van der Waals surface area contributed by atoms with Crippen molar-refractivity contribution in [2.75, 3.05) is 18.4 Å². The molecule has 1 saturated heterocycles. The third-order valence-corrected chi connectivity index (χ3v) is 3.81. The van der Waals surface area contributed by atoms with Crippen LogP contribution in [0.4, 0.5) is 19.3 Å². The average Bonchev–Trinajstić information content (AvgIpc) is 2.37. The quantitative estimate of drug-likeness (QED) is 0.900. The fourth-order valence-corrected chi connectivity index (χ4v) is 2.15. The van der Waals surface area contributed by atoms with Crippen LogP contribution in [0.25, 0.3) is 0 Å². The zero-order valence-corrected chi connectivity index (χ0v) is 11.7. The van der Waals surface area contributed by atoms with Crippen LogP contribution < -0.4 is 5.32 Å². The van der Waals surface area contributed by atoms with Gasteiger partial charge in [-0.15, -0.1) is 0 Å². The molecule has 7 heteroatoms. The fourth-order valence-electron chi connectivity index (χ4n) is 2.15. The lowest BCUT2D eigenvalue weighted by Gasteiger charge is -2.41. The zero-order chi connectivity index (χ0) is 15.7. The number of urea groups is 1. The van der Waals surface area contributed by atoms with Gasteiger partial charge in [0.2, 0.25) is 0 Å². The molecule has 0 saturated carbocycles. The van der Waals surface area contributed by atoms with Gasteiger partial charge in [0, 0.05) is 19.0 Å². The van der Waals surface area contributed by atoms with Crippen LogP contribution in [0, 0.1) is 30.4 Å². The van der Waals surface area contributed by atoms with Gasteiger partial charge in [-0.1, -0.05) is 13.0 Å². The molecule has 1 aromatic carbocycles. The predicted molar refractivity (Wildman–Crippen MR) is 72.0 cm³/mol. The molecule has 0 radical (unpaired) electrons. The van der Waals surface area contributed by atoms with Gasteiger partial charge in [0.05, 0.1) is 5.92 Å². The predicted octanol–water partition coefficient (Wildman–Crippen LogP) is 2.46. The van der Waals surface area contributed by atoms with Crippen LogP contribution >= 0.6 is 0 Å². The molecule has 2 amide bonds. The molecule has 1 aromatic rings. The minimum atomic E-state index is -0.921. The van der Waals surface area contributed by atoms with Crippen LogP contribution in [0.15, 0.2) is 12.1 Å². The Morgan fingerprint density at radius 3 is 2.57 bits per heavy atom. The minimum absolute atomic E-state index is 0.138. The number of hydrogen-bond acceptors (Lipinski definition) is 2. The number of carboxylic acids is 1. The summed E-state index contributed by atoms with van der Waals surface area (Å²) in [4.78, 5) is 24.0. The topological polar surface area (TPSA) is 69.6 Å². The highest BCUT2D eigenvalue weighted by molar-refractivity contribution is 5.90. The van der Waals surface area contributed by atoms with E-state index in [2.05, 4.69) is 5.32 Å². The van der Waals surface area contributed by atoms with Crippen molar-refractivity contribution in [2.45, 2.75) is 13.8 Å². The van der Waals surface area contributed by atoms with E-state index in [0.29, 0.717) is 0 Å². The lowest BCUT2D eigenvalue weighted by molar-refractivity contribution is -0.144. The molecule has 1 aliphatic heterocycles. The molecule has 1 unspecified atom stereocenters. The summed E-state index contributed by atoms with van der Waals surface area (Å²) in [6, 6.07) is 1.74. The monoisotopic (exact) mass is 298 g/mol. The van der Waals surface area contributed by atoms with E-state index in [0.717, 1.165) is 6.07 Å². The molecule has 1 heterocycles. The van der Waals surface area contributed by atoms with E-state index >= 15 is 0 Å². The van der Waals surface area contributed by atoms with E-state index in [1.165, 1.54) is 17.9 Å². The molecule has 114 valence electrons. The number of anilines is 1. The normalized spacial score (nSPS) is 16.3. The molecule has 0 bridgehead atoms. The Labute approximate surface area is 120 Å². The number of likely N-dealkylation sites (tertiary alicyclic amines) is 1. The molecule has 1 fully saturated rings. The van der Waals surface area contributed by atoms with E-state index in [1.54, 1.807) is 6.92 Å². The fraction of sp³-hybridized carbons (Fsp3) is 0.429. The number of hydrogen-bond donors (Lipinski definition) is 2. The summed E-state index contributed by atoms with van der Waals surface area (Å²) in [7, 11) is 0. The van der Waals surface area contributed by atoms with Crippen LogP contribution in [0.5, 0.6) is 0 Å². The van der Waals surface area contributed by atoms with Crippen molar-refractivity contribution >= 4 is 17.7 Å². The first kappa shape index (κ1) is 15.2. The summed E-state index contributed by atoms with van der Waals surface area (Å²) in [5, 5.41) is 11.1. The first-order chi connectivity index (χ1) is 9.81. The summed E-state index contributed by atoms with van der Waals surface area (Å²) in [6.07, 6.45) is 0. The van der Waals surface area contributed by atoms with Gasteiger partial charge in [-0.05, 0) is 18.6 Å². The second-order valence-corrected chi connectivity index (χ2v) is 5.28. The molecule has 1 aliphatic rings. The van der Waals surface area contributed by atoms with Crippen molar-refractivity contribution in [3.63, 3.8) is 0 Å². The van der Waals surface area contributed by atoms with Gasteiger partial charge in [0.15, 0.2) is 5.82 Å². The third-order valence-electron chi connectivity index (χ3n) is 3.81. The number of carbonyl (C=O) groups excluding carboxylic acids is 1. The van der Waals surface area contributed by atoms with Crippen molar-refractivity contribution in [3.05, 3.63) is 29.3 Å². The van der Waals surface area contributed by atoms with Crippen molar-refractivity contribution in [3.8, 4) is 0 Å².